The molecule has 2 N–H and O–H groups in total. The van der Waals surface area contributed by atoms with Gasteiger partial charge in [0, 0.05) is 23.2 Å². The summed E-state index contributed by atoms with van der Waals surface area (Å²) in [5, 5.41) is 12.7. The molecule has 1 aromatic rings. The Kier molecular flexibility index (Phi) is 4.27. The number of nitrogens with one attached hydrogen (secondary N) is 1. The third-order valence-corrected chi connectivity index (χ3v) is 3.80. The van der Waals surface area contributed by atoms with Gasteiger partial charge in [0.1, 0.15) is 0 Å². The minimum absolute atomic E-state index is 0.238. The van der Waals surface area contributed by atoms with Crippen molar-refractivity contribution >= 4 is 11.8 Å². The van der Waals surface area contributed by atoms with Crippen molar-refractivity contribution < 1.29 is 5.11 Å². The Bertz CT molecular complexity index is 315. The molecule has 1 atom stereocenters. The fourth-order valence-electron chi connectivity index (χ4n) is 1.51. The SMILES string of the molecule is CC(O)CSc1cccc(CNC2CC2)c1. The second-order valence-electron chi connectivity index (χ2n) is 4.46. The first-order valence-corrected chi connectivity index (χ1v) is 6.86. The van der Waals surface area contributed by atoms with Gasteiger partial charge in [-0.2, -0.15) is 0 Å². The first-order chi connectivity index (χ1) is 7.74. The Morgan fingerprint density at radius 3 is 3.00 bits per heavy atom. The van der Waals surface area contributed by atoms with Crippen LogP contribution < -0.4 is 5.32 Å². The summed E-state index contributed by atoms with van der Waals surface area (Å²) < 4.78 is 0. The van der Waals surface area contributed by atoms with Crippen LogP contribution in [0.1, 0.15) is 25.3 Å². The standard InChI is InChI=1S/C13H19NOS/c1-10(15)9-16-13-4-2-3-11(7-13)8-14-12-5-6-12/h2-4,7,10,12,14-15H,5-6,8-9H2,1H3. The third-order valence-electron chi connectivity index (χ3n) is 2.56. The molecule has 0 saturated heterocycles. The van der Waals surface area contributed by atoms with Gasteiger partial charge in [-0.3, -0.25) is 0 Å². The second-order valence-corrected chi connectivity index (χ2v) is 5.56. The van der Waals surface area contributed by atoms with Gasteiger partial charge in [0.2, 0.25) is 0 Å². The monoisotopic (exact) mass is 237 g/mol. The normalized spacial score (nSPS) is 17.4. The van der Waals surface area contributed by atoms with E-state index in [1.165, 1.54) is 23.3 Å². The quantitative estimate of drug-likeness (QED) is 0.745. The summed E-state index contributed by atoms with van der Waals surface area (Å²) in [7, 11) is 0. The summed E-state index contributed by atoms with van der Waals surface area (Å²) >= 11 is 1.71. The molecule has 1 aliphatic rings. The number of aliphatic hydroxyl groups excluding tert-OH is 1. The lowest BCUT2D eigenvalue weighted by atomic mass is 10.2. The second kappa shape index (κ2) is 5.71. The highest BCUT2D eigenvalue weighted by molar-refractivity contribution is 7.99. The van der Waals surface area contributed by atoms with Crippen LogP contribution >= 0.6 is 11.8 Å². The fourth-order valence-corrected chi connectivity index (χ4v) is 2.35. The predicted molar refractivity (Wildman–Crippen MR) is 68.7 cm³/mol. The third kappa shape index (κ3) is 4.16. The number of hydrogen-bond donors (Lipinski definition) is 2. The van der Waals surface area contributed by atoms with Gasteiger partial charge in [-0.25, -0.2) is 0 Å². The van der Waals surface area contributed by atoms with Gasteiger partial charge >= 0.3 is 0 Å². The van der Waals surface area contributed by atoms with E-state index in [0.717, 1.165) is 18.3 Å². The first-order valence-electron chi connectivity index (χ1n) is 5.87. The van der Waals surface area contributed by atoms with Gasteiger partial charge < -0.3 is 10.4 Å². The van der Waals surface area contributed by atoms with E-state index in [0.29, 0.717) is 0 Å². The van der Waals surface area contributed by atoms with E-state index in [2.05, 4.69) is 29.6 Å². The molecule has 0 aromatic heterocycles. The molecule has 2 rings (SSSR count). The van der Waals surface area contributed by atoms with E-state index in [-0.39, 0.29) is 6.10 Å². The van der Waals surface area contributed by atoms with E-state index >= 15 is 0 Å². The van der Waals surface area contributed by atoms with Gasteiger partial charge in [0.05, 0.1) is 6.10 Å². The van der Waals surface area contributed by atoms with Crippen LogP contribution in [0.15, 0.2) is 29.2 Å². The minimum Gasteiger partial charge on any atom is -0.393 e. The zero-order valence-electron chi connectivity index (χ0n) is 9.65. The van der Waals surface area contributed by atoms with E-state index in [1.54, 1.807) is 11.8 Å². The zero-order chi connectivity index (χ0) is 11.4. The molecule has 2 nitrogen and oxygen atoms in total. The summed E-state index contributed by atoms with van der Waals surface area (Å²) in [6, 6.07) is 9.32. The lowest BCUT2D eigenvalue weighted by molar-refractivity contribution is 0.220. The molecule has 0 aliphatic heterocycles. The lowest BCUT2D eigenvalue weighted by Gasteiger charge is -2.07. The number of rotatable bonds is 6. The molecular formula is C13H19NOS. The Balaban J connectivity index is 1.84. The van der Waals surface area contributed by atoms with Crippen LogP contribution in [0.25, 0.3) is 0 Å². The molecule has 1 aliphatic carbocycles. The molecule has 1 saturated carbocycles. The highest BCUT2D eigenvalue weighted by Gasteiger charge is 2.19. The average molecular weight is 237 g/mol. The molecule has 16 heavy (non-hydrogen) atoms. The molecule has 1 aromatic carbocycles. The smallest absolute Gasteiger partial charge is 0.0606 e. The zero-order valence-corrected chi connectivity index (χ0v) is 10.5. The highest BCUT2D eigenvalue weighted by atomic mass is 32.2. The van der Waals surface area contributed by atoms with Crippen molar-refractivity contribution in [3.63, 3.8) is 0 Å². The number of hydrogen-bond acceptors (Lipinski definition) is 3. The maximum absolute atomic E-state index is 9.23. The minimum atomic E-state index is -0.238. The van der Waals surface area contributed by atoms with Crippen LogP contribution in [0.2, 0.25) is 0 Å². The molecule has 0 radical (unpaired) electrons. The number of thioether (sulfide) groups is 1. The van der Waals surface area contributed by atoms with Gasteiger partial charge in [-0.1, -0.05) is 12.1 Å². The molecule has 0 bridgehead atoms. The molecule has 0 amide bonds. The maximum Gasteiger partial charge on any atom is 0.0606 e. The molecule has 0 spiro atoms. The summed E-state index contributed by atoms with van der Waals surface area (Å²) in [6.07, 6.45) is 2.42. The van der Waals surface area contributed by atoms with Crippen molar-refractivity contribution in [1.29, 1.82) is 0 Å². The van der Waals surface area contributed by atoms with Crippen LogP contribution in [0.4, 0.5) is 0 Å². The lowest BCUT2D eigenvalue weighted by Crippen LogP contribution is -2.15. The van der Waals surface area contributed by atoms with Crippen LogP contribution in [-0.2, 0) is 6.54 Å². The van der Waals surface area contributed by atoms with E-state index < -0.39 is 0 Å². The van der Waals surface area contributed by atoms with Gasteiger partial charge in [-0.05, 0) is 37.5 Å². The Labute approximate surface area is 101 Å². The summed E-state index contributed by atoms with van der Waals surface area (Å²) in [4.78, 5) is 1.25. The molecule has 3 heteroatoms. The highest BCUT2D eigenvalue weighted by Crippen LogP contribution is 2.22. The van der Waals surface area contributed by atoms with Gasteiger partial charge in [-0.15, -0.1) is 11.8 Å². The summed E-state index contributed by atoms with van der Waals surface area (Å²) in [5.74, 6) is 0.763. The fraction of sp³-hybridized carbons (Fsp3) is 0.538. The van der Waals surface area contributed by atoms with Crippen molar-refractivity contribution in [3.05, 3.63) is 29.8 Å². The number of benzene rings is 1. The Hall–Kier alpha value is -0.510. The van der Waals surface area contributed by atoms with Gasteiger partial charge in [0.25, 0.3) is 0 Å². The van der Waals surface area contributed by atoms with E-state index in [9.17, 15) is 5.11 Å². The first kappa shape index (κ1) is 12.0. The Morgan fingerprint density at radius 1 is 1.50 bits per heavy atom. The van der Waals surface area contributed by atoms with Crippen LogP contribution in [0.3, 0.4) is 0 Å². The molecule has 88 valence electrons. The largest absolute Gasteiger partial charge is 0.393 e. The van der Waals surface area contributed by atoms with Crippen LogP contribution in [-0.4, -0.2) is 23.0 Å². The van der Waals surface area contributed by atoms with Crippen molar-refractivity contribution in [1.82, 2.24) is 5.32 Å². The molecule has 0 heterocycles. The van der Waals surface area contributed by atoms with Crippen molar-refractivity contribution in [3.8, 4) is 0 Å². The topological polar surface area (TPSA) is 32.3 Å². The van der Waals surface area contributed by atoms with Crippen molar-refractivity contribution in [2.75, 3.05) is 5.75 Å². The summed E-state index contributed by atoms with van der Waals surface area (Å²) in [6.45, 7) is 2.79. The maximum atomic E-state index is 9.23. The predicted octanol–water partition coefficient (Wildman–Crippen LogP) is 2.41. The van der Waals surface area contributed by atoms with E-state index in [4.69, 9.17) is 0 Å². The molecule has 1 fully saturated rings. The molecule has 1 unspecified atom stereocenters. The van der Waals surface area contributed by atoms with Gasteiger partial charge in [0.15, 0.2) is 0 Å². The van der Waals surface area contributed by atoms with Crippen LogP contribution in [0, 0.1) is 0 Å². The average Bonchev–Trinajstić information content (AvgIpc) is 3.08. The van der Waals surface area contributed by atoms with Crippen molar-refractivity contribution in [2.24, 2.45) is 0 Å². The van der Waals surface area contributed by atoms with E-state index in [1.807, 2.05) is 6.92 Å². The Morgan fingerprint density at radius 2 is 2.31 bits per heavy atom. The van der Waals surface area contributed by atoms with Crippen molar-refractivity contribution in [2.45, 2.75) is 43.4 Å². The summed E-state index contributed by atoms with van der Waals surface area (Å²) in [5.41, 5.74) is 1.34. The van der Waals surface area contributed by atoms with Crippen LogP contribution in [0.5, 0.6) is 0 Å². The number of aliphatic hydroxyl groups is 1. The molecular weight excluding hydrogens is 218 g/mol.